The summed E-state index contributed by atoms with van der Waals surface area (Å²) in [5, 5.41) is 19.6. The van der Waals surface area contributed by atoms with E-state index in [2.05, 4.69) is 5.32 Å². The summed E-state index contributed by atoms with van der Waals surface area (Å²) in [6.07, 6.45) is 1.60. The minimum Gasteiger partial charge on any atom is -0.481 e. The minimum absolute atomic E-state index is 0.186. The fraction of sp³-hybridized carbons (Fsp3) is 0.857. The molecular formula is C7H15NO3. The summed E-state index contributed by atoms with van der Waals surface area (Å²) in [5.41, 5.74) is 0. The van der Waals surface area contributed by atoms with Gasteiger partial charge in [0, 0.05) is 13.0 Å². The lowest BCUT2D eigenvalue weighted by Crippen LogP contribution is -2.18. The molecule has 0 saturated carbocycles. The summed E-state index contributed by atoms with van der Waals surface area (Å²) in [7, 11) is 0. The van der Waals surface area contributed by atoms with Crippen molar-refractivity contribution in [1.82, 2.24) is 5.32 Å². The van der Waals surface area contributed by atoms with Gasteiger partial charge >= 0.3 is 5.97 Å². The molecule has 0 aromatic rings. The van der Waals surface area contributed by atoms with Crippen molar-refractivity contribution in [1.29, 1.82) is 0 Å². The molecule has 66 valence electrons. The molecule has 4 nitrogen and oxygen atoms in total. The van der Waals surface area contributed by atoms with Crippen molar-refractivity contribution in [3.8, 4) is 0 Å². The van der Waals surface area contributed by atoms with Crippen LogP contribution in [-0.2, 0) is 4.79 Å². The number of nitrogens with one attached hydrogen (secondary N) is 1. The van der Waals surface area contributed by atoms with Crippen LogP contribution < -0.4 is 5.32 Å². The fourth-order valence-electron chi connectivity index (χ4n) is 0.694. The molecule has 0 unspecified atom stereocenters. The Hall–Kier alpha value is -0.610. The van der Waals surface area contributed by atoms with Crippen LogP contribution in [0.25, 0.3) is 0 Å². The van der Waals surface area contributed by atoms with Crippen LogP contribution in [0.2, 0.25) is 0 Å². The van der Waals surface area contributed by atoms with E-state index >= 15 is 0 Å². The molecule has 0 aromatic heterocycles. The molecular weight excluding hydrogens is 146 g/mol. The Kier molecular flexibility index (Phi) is 7.08. The second-order valence-electron chi connectivity index (χ2n) is 2.32. The Morgan fingerprint density at radius 3 is 2.45 bits per heavy atom. The van der Waals surface area contributed by atoms with Crippen LogP contribution in [0.4, 0.5) is 0 Å². The molecule has 0 aliphatic rings. The maximum Gasteiger partial charge on any atom is 0.303 e. The molecule has 0 aromatic carbocycles. The van der Waals surface area contributed by atoms with Gasteiger partial charge in [0.1, 0.15) is 0 Å². The molecule has 11 heavy (non-hydrogen) atoms. The van der Waals surface area contributed by atoms with E-state index < -0.39 is 5.97 Å². The van der Waals surface area contributed by atoms with E-state index in [0.29, 0.717) is 13.0 Å². The Balaban J connectivity index is 2.85. The lowest BCUT2D eigenvalue weighted by Gasteiger charge is -2.00. The van der Waals surface area contributed by atoms with Gasteiger partial charge in [-0.15, -0.1) is 0 Å². The van der Waals surface area contributed by atoms with Crippen molar-refractivity contribution < 1.29 is 15.0 Å². The highest BCUT2D eigenvalue weighted by atomic mass is 16.4. The largest absolute Gasteiger partial charge is 0.481 e. The smallest absolute Gasteiger partial charge is 0.303 e. The summed E-state index contributed by atoms with van der Waals surface area (Å²) >= 11 is 0. The zero-order chi connectivity index (χ0) is 8.53. The van der Waals surface area contributed by atoms with E-state index in [9.17, 15) is 4.79 Å². The number of aliphatic hydroxyl groups is 1. The zero-order valence-electron chi connectivity index (χ0n) is 6.55. The number of aliphatic hydroxyl groups excluding tert-OH is 1. The molecule has 0 rings (SSSR count). The molecule has 0 radical (unpaired) electrons. The number of rotatable bonds is 7. The van der Waals surface area contributed by atoms with Crippen LogP contribution in [0.15, 0.2) is 0 Å². The molecule has 0 aliphatic heterocycles. The van der Waals surface area contributed by atoms with E-state index in [1.54, 1.807) is 0 Å². The van der Waals surface area contributed by atoms with Gasteiger partial charge in [-0.2, -0.15) is 0 Å². The summed E-state index contributed by atoms with van der Waals surface area (Å²) < 4.78 is 0. The molecule has 0 heterocycles. The van der Waals surface area contributed by atoms with Crippen molar-refractivity contribution in [2.75, 3.05) is 19.7 Å². The Morgan fingerprint density at radius 2 is 1.91 bits per heavy atom. The topological polar surface area (TPSA) is 69.6 Å². The van der Waals surface area contributed by atoms with Gasteiger partial charge < -0.3 is 15.5 Å². The summed E-state index contributed by atoms with van der Waals surface area (Å²) in [6, 6.07) is 0. The second-order valence-corrected chi connectivity index (χ2v) is 2.32. The van der Waals surface area contributed by atoms with E-state index in [1.165, 1.54) is 0 Å². The van der Waals surface area contributed by atoms with Crippen LogP contribution in [0, 0.1) is 0 Å². The molecule has 0 bridgehead atoms. The first kappa shape index (κ1) is 10.4. The molecule has 0 amide bonds. The van der Waals surface area contributed by atoms with E-state index in [0.717, 1.165) is 13.0 Å². The van der Waals surface area contributed by atoms with Gasteiger partial charge in [-0.05, 0) is 25.9 Å². The van der Waals surface area contributed by atoms with Gasteiger partial charge in [-0.25, -0.2) is 0 Å². The molecule has 4 heteroatoms. The number of carbonyl (C=O) groups is 1. The molecule has 0 fully saturated rings. The van der Waals surface area contributed by atoms with E-state index in [1.807, 2.05) is 0 Å². The van der Waals surface area contributed by atoms with E-state index in [4.69, 9.17) is 10.2 Å². The maximum atomic E-state index is 10.0. The SMILES string of the molecule is O=C(O)CCCNCCCO. The first-order valence-electron chi connectivity index (χ1n) is 3.80. The average Bonchev–Trinajstić information content (AvgIpc) is 1.96. The van der Waals surface area contributed by atoms with Gasteiger partial charge in [0.15, 0.2) is 0 Å². The van der Waals surface area contributed by atoms with Crippen molar-refractivity contribution in [3.63, 3.8) is 0 Å². The quantitative estimate of drug-likeness (QED) is 0.453. The monoisotopic (exact) mass is 161 g/mol. The summed E-state index contributed by atoms with van der Waals surface area (Å²) in [4.78, 5) is 10.0. The van der Waals surface area contributed by atoms with Gasteiger partial charge in [-0.3, -0.25) is 4.79 Å². The Morgan fingerprint density at radius 1 is 1.27 bits per heavy atom. The Bertz CT molecular complexity index is 106. The van der Waals surface area contributed by atoms with Crippen molar-refractivity contribution in [2.45, 2.75) is 19.3 Å². The van der Waals surface area contributed by atoms with Crippen LogP contribution in [0.1, 0.15) is 19.3 Å². The van der Waals surface area contributed by atoms with Gasteiger partial charge in [0.25, 0.3) is 0 Å². The van der Waals surface area contributed by atoms with Crippen LogP contribution in [-0.4, -0.2) is 35.9 Å². The predicted octanol–water partition coefficient (Wildman–Crippen LogP) is -0.177. The molecule has 0 atom stereocenters. The third-order valence-corrected chi connectivity index (χ3v) is 1.26. The fourth-order valence-corrected chi connectivity index (χ4v) is 0.694. The number of carboxylic acids is 1. The first-order valence-corrected chi connectivity index (χ1v) is 3.80. The summed E-state index contributed by atoms with van der Waals surface area (Å²) in [6.45, 7) is 1.66. The van der Waals surface area contributed by atoms with E-state index in [-0.39, 0.29) is 13.0 Å². The van der Waals surface area contributed by atoms with Crippen LogP contribution >= 0.6 is 0 Å². The van der Waals surface area contributed by atoms with Gasteiger partial charge in [0.05, 0.1) is 0 Å². The zero-order valence-corrected chi connectivity index (χ0v) is 6.55. The standard InChI is InChI=1S/C7H15NO3/c9-6-2-5-8-4-1-3-7(10)11/h8-9H,1-6H2,(H,10,11). The maximum absolute atomic E-state index is 10.0. The molecule has 0 aliphatic carbocycles. The molecule has 3 N–H and O–H groups in total. The molecule has 0 saturated heterocycles. The highest BCUT2D eigenvalue weighted by Crippen LogP contribution is 1.85. The third kappa shape index (κ3) is 9.39. The first-order chi connectivity index (χ1) is 5.27. The lowest BCUT2D eigenvalue weighted by atomic mass is 10.3. The summed E-state index contributed by atoms with van der Waals surface area (Å²) in [5.74, 6) is -0.756. The molecule has 0 spiro atoms. The van der Waals surface area contributed by atoms with Crippen molar-refractivity contribution >= 4 is 5.97 Å². The lowest BCUT2D eigenvalue weighted by molar-refractivity contribution is -0.137. The van der Waals surface area contributed by atoms with Crippen molar-refractivity contribution in [2.24, 2.45) is 0 Å². The highest BCUT2D eigenvalue weighted by Gasteiger charge is 1.94. The van der Waals surface area contributed by atoms with Gasteiger partial charge in [0.2, 0.25) is 0 Å². The number of aliphatic carboxylic acids is 1. The number of carboxylic acid groups (broad SMARTS) is 1. The Labute approximate surface area is 66.2 Å². The second kappa shape index (κ2) is 7.50. The number of hydrogen-bond acceptors (Lipinski definition) is 3. The third-order valence-electron chi connectivity index (χ3n) is 1.26. The average molecular weight is 161 g/mol. The normalized spacial score (nSPS) is 9.91. The van der Waals surface area contributed by atoms with Crippen LogP contribution in [0.3, 0.4) is 0 Å². The van der Waals surface area contributed by atoms with Crippen LogP contribution in [0.5, 0.6) is 0 Å². The van der Waals surface area contributed by atoms with Crippen molar-refractivity contribution in [3.05, 3.63) is 0 Å². The van der Waals surface area contributed by atoms with Gasteiger partial charge in [-0.1, -0.05) is 0 Å². The predicted molar refractivity (Wildman–Crippen MR) is 41.4 cm³/mol. The minimum atomic E-state index is -0.756. The highest BCUT2D eigenvalue weighted by molar-refractivity contribution is 5.66. The number of hydrogen-bond donors (Lipinski definition) is 3.